The number of hydrogen-bond donors (Lipinski definition) is 0. The summed E-state index contributed by atoms with van der Waals surface area (Å²) >= 11 is 0. The Bertz CT molecular complexity index is 480. The molecule has 1 saturated heterocycles. The van der Waals surface area contributed by atoms with Crippen LogP contribution in [0.3, 0.4) is 0 Å². The van der Waals surface area contributed by atoms with Gasteiger partial charge in [0.2, 0.25) is 0 Å². The highest BCUT2D eigenvalue weighted by Crippen LogP contribution is 2.28. The van der Waals surface area contributed by atoms with Gasteiger partial charge in [-0.1, -0.05) is 19.3 Å². The Balaban J connectivity index is 1.59. The molecule has 136 valence electrons. The Morgan fingerprint density at radius 3 is 2.71 bits per heavy atom. The standard InChI is InChI=1S/C18H31N3O3/c1-22-12-10-17-19-18(14-23-13-16-9-5-6-11-24-16)21(20-17)15-7-3-2-4-8-15/h15-16H,2-14H2,1H3/t16-/m0/s1. The third-order valence-electron chi connectivity index (χ3n) is 5.00. The van der Waals surface area contributed by atoms with Crippen molar-refractivity contribution in [3.05, 3.63) is 11.6 Å². The summed E-state index contributed by atoms with van der Waals surface area (Å²) in [5.41, 5.74) is 0. The molecule has 6 nitrogen and oxygen atoms in total. The third-order valence-corrected chi connectivity index (χ3v) is 5.00. The Kier molecular flexibility index (Phi) is 7.05. The molecule has 0 N–H and O–H groups in total. The van der Waals surface area contributed by atoms with Gasteiger partial charge in [0.15, 0.2) is 11.6 Å². The summed E-state index contributed by atoms with van der Waals surface area (Å²) in [6.07, 6.45) is 10.8. The van der Waals surface area contributed by atoms with Gasteiger partial charge < -0.3 is 14.2 Å². The van der Waals surface area contributed by atoms with Crippen LogP contribution in [0.2, 0.25) is 0 Å². The van der Waals surface area contributed by atoms with Crippen LogP contribution in [0.4, 0.5) is 0 Å². The normalized spacial score (nSPS) is 22.8. The van der Waals surface area contributed by atoms with E-state index in [4.69, 9.17) is 24.3 Å². The largest absolute Gasteiger partial charge is 0.384 e. The van der Waals surface area contributed by atoms with Gasteiger partial charge in [-0.2, -0.15) is 5.10 Å². The van der Waals surface area contributed by atoms with Crippen molar-refractivity contribution < 1.29 is 14.2 Å². The van der Waals surface area contributed by atoms with Crippen molar-refractivity contribution in [2.75, 3.05) is 26.9 Å². The minimum absolute atomic E-state index is 0.248. The lowest BCUT2D eigenvalue weighted by Gasteiger charge is -2.24. The van der Waals surface area contributed by atoms with E-state index in [9.17, 15) is 0 Å². The first-order valence-electron chi connectivity index (χ1n) is 9.49. The quantitative estimate of drug-likeness (QED) is 0.730. The molecular weight excluding hydrogens is 306 g/mol. The summed E-state index contributed by atoms with van der Waals surface area (Å²) in [6.45, 7) is 2.71. The van der Waals surface area contributed by atoms with Gasteiger partial charge in [0.05, 0.1) is 25.4 Å². The van der Waals surface area contributed by atoms with Crippen LogP contribution in [0.5, 0.6) is 0 Å². The van der Waals surface area contributed by atoms with E-state index in [2.05, 4.69) is 4.68 Å². The predicted molar refractivity (Wildman–Crippen MR) is 91.0 cm³/mol. The number of hydrogen-bond acceptors (Lipinski definition) is 5. The van der Waals surface area contributed by atoms with Crippen molar-refractivity contribution in [3.63, 3.8) is 0 Å². The Morgan fingerprint density at radius 2 is 1.96 bits per heavy atom. The molecule has 0 amide bonds. The summed E-state index contributed by atoms with van der Waals surface area (Å²) in [7, 11) is 1.71. The van der Waals surface area contributed by atoms with E-state index in [1.165, 1.54) is 44.9 Å². The third kappa shape index (κ3) is 5.01. The highest BCUT2D eigenvalue weighted by molar-refractivity contribution is 4.95. The zero-order chi connectivity index (χ0) is 16.6. The van der Waals surface area contributed by atoms with Crippen LogP contribution >= 0.6 is 0 Å². The fourth-order valence-electron chi connectivity index (χ4n) is 3.64. The van der Waals surface area contributed by atoms with Gasteiger partial charge in [0, 0.05) is 20.1 Å². The average Bonchev–Trinajstić information content (AvgIpc) is 3.05. The number of ether oxygens (including phenoxy) is 3. The minimum atomic E-state index is 0.248. The molecule has 2 heterocycles. The van der Waals surface area contributed by atoms with Gasteiger partial charge in [-0.15, -0.1) is 0 Å². The van der Waals surface area contributed by atoms with E-state index in [0.717, 1.165) is 31.1 Å². The van der Waals surface area contributed by atoms with E-state index in [0.29, 0.717) is 25.9 Å². The van der Waals surface area contributed by atoms with Gasteiger partial charge in [0.25, 0.3) is 0 Å². The molecule has 2 fully saturated rings. The summed E-state index contributed by atoms with van der Waals surface area (Å²) in [4.78, 5) is 4.71. The summed E-state index contributed by atoms with van der Waals surface area (Å²) in [5, 5.41) is 4.75. The molecule has 1 saturated carbocycles. The van der Waals surface area contributed by atoms with Crippen LogP contribution < -0.4 is 0 Å². The minimum Gasteiger partial charge on any atom is -0.384 e. The lowest BCUT2D eigenvalue weighted by molar-refractivity contribution is -0.0465. The topological polar surface area (TPSA) is 58.4 Å². The molecule has 0 aromatic carbocycles. The molecule has 0 radical (unpaired) electrons. The van der Waals surface area contributed by atoms with Crippen LogP contribution in [0.15, 0.2) is 0 Å². The second kappa shape index (κ2) is 9.49. The first-order chi connectivity index (χ1) is 11.9. The molecule has 1 aromatic rings. The van der Waals surface area contributed by atoms with Crippen molar-refractivity contribution in [3.8, 4) is 0 Å². The first kappa shape index (κ1) is 17.8. The molecule has 1 aliphatic heterocycles. The van der Waals surface area contributed by atoms with Gasteiger partial charge >= 0.3 is 0 Å². The van der Waals surface area contributed by atoms with E-state index >= 15 is 0 Å². The monoisotopic (exact) mass is 337 g/mol. The van der Waals surface area contributed by atoms with Crippen LogP contribution in [-0.4, -0.2) is 47.8 Å². The average molecular weight is 337 g/mol. The highest BCUT2D eigenvalue weighted by atomic mass is 16.5. The molecular formula is C18H31N3O3. The first-order valence-corrected chi connectivity index (χ1v) is 9.49. The second-order valence-electron chi connectivity index (χ2n) is 6.93. The zero-order valence-electron chi connectivity index (χ0n) is 14.9. The fraction of sp³-hybridized carbons (Fsp3) is 0.889. The zero-order valence-corrected chi connectivity index (χ0v) is 14.9. The molecule has 1 aromatic heterocycles. The molecule has 0 spiro atoms. The molecule has 3 rings (SSSR count). The molecule has 6 heteroatoms. The van der Waals surface area contributed by atoms with Crippen LogP contribution in [0.1, 0.15) is 69.1 Å². The van der Waals surface area contributed by atoms with Gasteiger partial charge in [-0.05, 0) is 32.1 Å². The molecule has 0 unspecified atom stereocenters. The summed E-state index contributed by atoms with van der Waals surface area (Å²) < 4.78 is 19.0. The Hall–Kier alpha value is -0.980. The highest BCUT2D eigenvalue weighted by Gasteiger charge is 2.21. The fourth-order valence-corrected chi connectivity index (χ4v) is 3.64. The van der Waals surface area contributed by atoms with Crippen molar-refractivity contribution in [1.29, 1.82) is 0 Å². The maximum absolute atomic E-state index is 5.93. The van der Waals surface area contributed by atoms with Gasteiger partial charge in [-0.3, -0.25) is 0 Å². The summed E-state index contributed by atoms with van der Waals surface area (Å²) in [6, 6.07) is 0.479. The van der Waals surface area contributed by atoms with Crippen molar-refractivity contribution in [1.82, 2.24) is 14.8 Å². The smallest absolute Gasteiger partial charge is 0.153 e. The number of rotatable bonds is 8. The van der Waals surface area contributed by atoms with Crippen molar-refractivity contribution in [2.24, 2.45) is 0 Å². The second-order valence-corrected chi connectivity index (χ2v) is 6.93. The van der Waals surface area contributed by atoms with E-state index in [1.807, 2.05) is 0 Å². The lowest BCUT2D eigenvalue weighted by atomic mass is 9.96. The Morgan fingerprint density at radius 1 is 1.12 bits per heavy atom. The van der Waals surface area contributed by atoms with Crippen LogP contribution in [-0.2, 0) is 27.2 Å². The maximum atomic E-state index is 5.93. The van der Waals surface area contributed by atoms with E-state index < -0.39 is 0 Å². The van der Waals surface area contributed by atoms with Crippen LogP contribution in [0, 0.1) is 0 Å². The molecule has 1 aliphatic carbocycles. The SMILES string of the molecule is COCCc1nc(COC[C@@H]2CCCCO2)n(C2CCCCC2)n1. The number of methoxy groups -OCH3 is 1. The molecule has 0 bridgehead atoms. The maximum Gasteiger partial charge on any atom is 0.153 e. The molecule has 24 heavy (non-hydrogen) atoms. The number of nitrogens with zero attached hydrogens (tertiary/aromatic N) is 3. The number of aromatic nitrogens is 3. The van der Waals surface area contributed by atoms with Gasteiger partial charge in [-0.25, -0.2) is 9.67 Å². The van der Waals surface area contributed by atoms with Crippen LogP contribution in [0.25, 0.3) is 0 Å². The Labute approximate surface area is 144 Å². The molecule has 1 atom stereocenters. The van der Waals surface area contributed by atoms with E-state index in [-0.39, 0.29) is 6.10 Å². The molecule has 2 aliphatic rings. The lowest BCUT2D eigenvalue weighted by Crippen LogP contribution is -2.25. The summed E-state index contributed by atoms with van der Waals surface area (Å²) in [5.74, 6) is 1.83. The van der Waals surface area contributed by atoms with Crippen molar-refractivity contribution >= 4 is 0 Å². The predicted octanol–water partition coefficient (Wildman–Crippen LogP) is 3.06. The van der Waals surface area contributed by atoms with E-state index in [1.54, 1.807) is 7.11 Å². The van der Waals surface area contributed by atoms with Crippen molar-refractivity contribution in [2.45, 2.75) is 76.5 Å². The van der Waals surface area contributed by atoms with Gasteiger partial charge in [0.1, 0.15) is 6.61 Å².